The Kier molecular flexibility index (Phi) is 10.5. The molecule has 0 unspecified atom stereocenters. The van der Waals surface area contributed by atoms with E-state index >= 15 is 0 Å². The fourth-order valence-corrected chi connectivity index (χ4v) is 8.43. The first kappa shape index (κ1) is 39.6. The molecule has 9 aromatic carbocycles. The van der Waals surface area contributed by atoms with Crippen LogP contribution in [0, 0.1) is 11.3 Å². The summed E-state index contributed by atoms with van der Waals surface area (Å²) < 4.78 is 0. The number of nitrogens with zero attached hydrogens (tertiary/aromatic N) is 7. The van der Waals surface area contributed by atoms with Gasteiger partial charge >= 0.3 is 0 Å². The van der Waals surface area contributed by atoms with Crippen molar-refractivity contribution >= 4 is 10.8 Å². The van der Waals surface area contributed by atoms with Gasteiger partial charge in [-0.1, -0.05) is 206 Å². The van der Waals surface area contributed by atoms with Crippen LogP contribution in [0.3, 0.4) is 0 Å². The lowest BCUT2D eigenvalue weighted by Gasteiger charge is -2.20. The van der Waals surface area contributed by atoms with Gasteiger partial charge in [-0.2, -0.15) is 5.26 Å². The van der Waals surface area contributed by atoms with Crippen molar-refractivity contribution in [3.8, 4) is 108 Å². The van der Waals surface area contributed by atoms with Crippen molar-refractivity contribution in [2.24, 2.45) is 0 Å². The average Bonchev–Trinajstić information content (AvgIpc) is 3.41. The second-order valence-corrected chi connectivity index (χ2v) is 15.8. The first-order valence-corrected chi connectivity index (χ1v) is 21.7. The minimum Gasteiger partial charge on any atom is -0.208 e. The molecule has 0 amide bonds. The number of aromatic nitrogens is 6. The molecule has 0 aliphatic rings. The highest BCUT2D eigenvalue weighted by Crippen LogP contribution is 2.46. The standard InChI is InChI=1S/C59H37N7/c60-38-39-29-31-40(32-30-39)51-37-52(48-26-14-16-28-50(48)59-65-56(44-21-9-3-10-22-44)64-57(66-59)45-23-11-4-12-24-45)53(49-27-15-13-25-47(49)51)41-33-35-46(36-34-41)58-62-54(42-17-5-1-6-18-42)61-55(63-58)43-19-7-2-8-20-43/h1-37H. The van der Waals surface area contributed by atoms with E-state index in [0.717, 1.165) is 77.5 Å². The molecule has 0 aliphatic heterocycles. The van der Waals surface area contributed by atoms with Gasteiger partial charge in [0.2, 0.25) is 0 Å². The monoisotopic (exact) mass is 843 g/mol. The Morgan fingerprint density at radius 1 is 0.258 bits per heavy atom. The fourth-order valence-electron chi connectivity index (χ4n) is 8.43. The van der Waals surface area contributed by atoms with Crippen LogP contribution in [0.15, 0.2) is 224 Å². The van der Waals surface area contributed by atoms with Crippen LogP contribution in [-0.4, -0.2) is 29.9 Å². The van der Waals surface area contributed by atoms with E-state index in [4.69, 9.17) is 29.9 Å². The molecule has 7 heteroatoms. The van der Waals surface area contributed by atoms with Crippen molar-refractivity contribution in [1.82, 2.24) is 29.9 Å². The van der Waals surface area contributed by atoms with Crippen molar-refractivity contribution in [3.63, 3.8) is 0 Å². The van der Waals surface area contributed by atoms with Crippen LogP contribution >= 0.6 is 0 Å². The Morgan fingerprint density at radius 3 is 1.06 bits per heavy atom. The third-order valence-corrected chi connectivity index (χ3v) is 11.7. The summed E-state index contributed by atoms with van der Waals surface area (Å²) in [6.07, 6.45) is 0. The molecule has 0 saturated heterocycles. The van der Waals surface area contributed by atoms with E-state index in [1.165, 1.54) is 0 Å². The van der Waals surface area contributed by atoms with Gasteiger partial charge in [0.05, 0.1) is 11.6 Å². The second kappa shape index (κ2) is 17.5. The average molecular weight is 844 g/mol. The van der Waals surface area contributed by atoms with Crippen molar-refractivity contribution in [2.45, 2.75) is 0 Å². The Bertz CT molecular complexity index is 3440. The number of nitriles is 1. The summed E-state index contributed by atoms with van der Waals surface area (Å²) in [5, 5.41) is 11.8. The Morgan fingerprint density at radius 2 is 0.606 bits per heavy atom. The highest BCUT2D eigenvalue weighted by molar-refractivity contribution is 6.12. The minimum absolute atomic E-state index is 0.561. The molecule has 0 aliphatic carbocycles. The summed E-state index contributed by atoms with van der Waals surface area (Å²) in [5.41, 5.74) is 12.0. The normalized spacial score (nSPS) is 11.0. The van der Waals surface area contributed by atoms with Crippen molar-refractivity contribution in [1.29, 1.82) is 5.26 Å². The second-order valence-electron chi connectivity index (χ2n) is 15.8. The van der Waals surface area contributed by atoms with Gasteiger partial charge in [-0.05, 0) is 62.4 Å². The van der Waals surface area contributed by atoms with E-state index in [2.05, 4.69) is 78.9 Å². The van der Waals surface area contributed by atoms with Crippen LogP contribution in [0.25, 0.3) is 112 Å². The van der Waals surface area contributed by atoms with Crippen LogP contribution in [-0.2, 0) is 0 Å². The molecule has 0 fully saturated rings. The van der Waals surface area contributed by atoms with Crippen molar-refractivity contribution in [3.05, 3.63) is 230 Å². The Hall–Kier alpha value is -9.25. The van der Waals surface area contributed by atoms with E-state index in [9.17, 15) is 5.26 Å². The van der Waals surface area contributed by atoms with E-state index in [1.807, 2.05) is 152 Å². The topological polar surface area (TPSA) is 101 Å². The van der Waals surface area contributed by atoms with Crippen molar-refractivity contribution in [2.75, 3.05) is 0 Å². The fraction of sp³-hybridized carbons (Fsp3) is 0. The zero-order valence-corrected chi connectivity index (χ0v) is 35.5. The molecule has 0 saturated carbocycles. The summed E-state index contributed by atoms with van der Waals surface area (Å²) in [7, 11) is 0. The van der Waals surface area contributed by atoms with Crippen LogP contribution < -0.4 is 0 Å². The van der Waals surface area contributed by atoms with Gasteiger partial charge in [0.25, 0.3) is 0 Å². The highest BCUT2D eigenvalue weighted by Gasteiger charge is 2.22. The Labute approximate surface area is 382 Å². The molecule has 0 spiro atoms. The van der Waals surface area contributed by atoms with Crippen LogP contribution in [0.2, 0.25) is 0 Å². The van der Waals surface area contributed by atoms with Gasteiger partial charge in [0.1, 0.15) is 0 Å². The van der Waals surface area contributed by atoms with Gasteiger partial charge in [0, 0.05) is 33.4 Å². The molecule has 0 radical (unpaired) electrons. The quantitative estimate of drug-likeness (QED) is 0.143. The van der Waals surface area contributed by atoms with Crippen LogP contribution in [0.5, 0.6) is 0 Å². The lowest BCUT2D eigenvalue weighted by Crippen LogP contribution is -2.01. The summed E-state index contributed by atoms with van der Waals surface area (Å²) in [6.45, 7) is 0. The maximum atomic E-state index is 9.70. The highest BCUT2D eigenvalue weighted by atomic mass is 15.0. The minimum atomic E-state index is 0.561. The zero-order valence-electron chi connectivity index (χ0n) is 35.5. The van der Waals surface area contributed by atoms with E-state index in [0.29, 0.717) is 40.5 Å². The van der Waals surface area contributed by atoms with E-state index < -0.39 is 0 Å². The summed E-state index contributed by atoms with van der Waals surface area (Å²) in [6, 6.07) is 77.8. The number of hydrogen-bond donors (Lipinski definition) is 0. The predicted molar refractivity (Wildman–Crippen MR) is 264 cm³/mol. The molecule has 11 aromatic rings. The van der Waals surface area contributed by atoms with E-state index in [-0.39, 0.29) is 0 Å². The molecule has 0 atom stereocenters. The SMILES string of the molecule is N#Cc1ccc(-c2cc(-c3ccccc3-c3nc(-c4ccccc4)nc(-c4ccccc4)n3)c(-c3ccc(-c4nc(-c5ccccc5)nc(-c5ccccc5)n4)cc3)c3ccccc23)cc1. The van der Waals surface area contributed by atoms with Gasteiger partial charge in [-0.15, -0.1) is 0 Å². The predicted octanol–water partition coefficient (Wildman–Crippen LogP) is 14.1. The number of benzene rings is 9. The molecule has 308 valence electrons. The summed E-state index contributed by atoms with van der Waals surface area (Å²) in [5.74, 6) is 3.54. The van der Waals surface area contributed by atoms with Gasteiger partial charge in [-0.3, -0.25) is 0 Å². The van der Waals surface area contributed by atoms with Gasteiger partial charge < -0.3 is 0 Å². The van der Waals surface area contributed by atoms with Gasteiger partial charge in [0.15, 0.2) is 34.9 Å². The summed E-state index contributed by atoms with van der Waals surface area (Å²) >= 11 is 0. The summed E-state index contributed by atoms with van der Waals surface area (Å²) in [4.78, 5) is 30.3. The lowest BCUT2D eigenvalue weighted by molar-refractivity contribution is 1.07. The molecular formula is C59H37N7. The number of rotatable bonds is 9. The number of hydrogen-bond acceptors (Lipinski definition) is 7. The third kappa shape index (κ3) is 7.76. The maximum absolute atomic E-state index is 9.70. The number of fused-ring (bicyclic) bond motifs is 1. The molecule has 7 nitrogen and oxygen atoms in total. The molecule has 0 bridgehead atoms. The third-order valence-electron chi connectivity index (χ3n) is 11.7. The largest absolute Gasteiger partial charge is 0.208 e. The Balaban J connectivity index is 1.12. The molecular weight excluding hydrogens is 807 g/mol. The van der Waals surface area contributed by atoms with Crippen LogP contribution in [0.4, 0.5) is 0 Å². The molecule has 2 heterocycles. The van der Waals surface area contributed by atoms with Crippen molar-refractivity contribution < 1.29 is 0 Å². The molecule has 0 N–H and O–H groups in total. The molecule has 66 heavy (non-hydrogen) atoms. The maximum Gasteiger partial charge on any atom is 0.164 e. The lowest BCUT2D eigenvalue weighted by atomic mass is 9.84. The first-order valence-electron chi connectivity index (χ1n) is 21.7. The molecule has 2 aromatic heterocycles. The van der Waals surface area contributed by atoms with E-state index in [1.54, 1.807) is 0 Å². The van der Waals surface area contributed by atoms with Gasteiger partial charge in [-0.25, -0.2) is 29.9 Å². The zero-order chi connectivity index (χ0) is 44.2. The van der Waals surface area contributed by atoms with Crippen LogP contribution in [0.1, 0.15) is 5.56 Å². The first-order chi connectivity index (χ1) is 32.7. The smallest absolute Gasteiger partial charge is 0.164 e. The molecule has 11 rings (SSSR count).